The summed E-state index contributed by atoms with van der Waals surface area (Å²) in [6.45, 7) is 2.38. The van der Waals surface area contributed by atoms with Crippen LogP contribution < -0.4 is 4.74 Å². The number of hydrogen-bond donors (Lipinski definition) is 1. The maximum absolute atomic E-state index is 13.1. The highest BCUT2D eigenvalue weighted by Crippen LogP contribution is 2.31. The van der Waals surface area contributed by atoms with Gasteiger partial charge in [-0.3, -0.25) is 0 Å². The molecule has 0 radical (unpaired) electrons. The molecule has 100 valence electrons. The molecule has 19 heavy (non-hydrogen) atoms. The van der Waals surface area contributed by atoms with E-state index in [1.54, 1.807) is 12.1 Å². The van der Waals surface area contributed by atoms with Crippen molar-refractivity contribution >= 4 is 11.6 Å². The molecule has 0 aliphatic carbocycles. The van der Waals surface area contributed by atoms with Gasteiger partial charge in [0.15, 0.2) is 0 Å². The van der Waals surface area contributed by atoms with Gasteiger partial charge in [-0.05, 0) is 30.7 Å². The molecule has 2 rings (SSSR count). The van der Waals surface area contributed by atoms with E-state index in [1.165, 1.54) is 18.2 Å². The van der Waals surface area contributed by atoms with E-state index in [4.69, 9.17) is 16.3 Å². The maximum atomic E-state index is 13.1. The second-order valence-corrected chi connectivity index (χ2v) is 4.45. The molecule has 1 N–H and O–H groups in total. The predicted octanol–water partition coefficient (Wildman–Crippen LogP) is 3.96. The van der Waals surface area contributed by atoms with Gasteiger partial charge in [0.25, 0.3) is 0 Å². The Morgan fingerprint density at radius 3 is 2.68 bits per heavy atom. The molecular formula is C15H14ClFO2. The molecule has 1 unspecified atom stereocenters. The lowest BCUT2D eigenvalue weighted by Gasteiger charge is -2.16. The van der Waals surface area contributed by atoms with Crippen molar-refractivity contribution in [1.82, 2.24) is 0 Å². The summed E-state index contributed by atoms with van der Waals surface area (Å²) in [5.41, 5.74) is 1.16. The first-order valence-corrected chi connectivity index (χ1v) is 6.36. The lowest BCUT2D eigenvalue weighted by molar-refractivity contribution is 0.212. The van der Waals surface area contributed by atoms with Gasteiger partial charge in [-0.15, -0.1) is 0 Å². The summed E-state index contributed by atoms with van der Waals surface area (Å²) >= 11 is 5.73. The Morgan fingerprint density at radius 2 is 2.00 bits per heavy atom. The van der Waals surface area contributed by atoms with Crippen molar-refractivity contribution in [2.75, 3.05) is 6.61 Å². The largest absolute Gasteiger partial charge is 0.493 e. The van der Waals surface area contributed by atoms with E-state index in [9.17, 15) is 9.50 Å². The lowest BCUT2D eigenvalue weighted by atomic mass is 10.0. The standard InChI is InChI=1S/C15H14ClFO2/c1-2-19-14-6-4-3-5-11(14)15(18)10-7-8-13(17)12(16)9-10/h3-9,15,18H,2H2,1H3. The van der Waals surface area contributed by atoms with Gasteiger partial charge in [0.05, 0.1) is 11.6 Å². The van der Waals surface area contributed by atoms with Gasteiger partial charge in [0.1, 0.15) is 17.7 Å². The van der Waals surface area contributed by atoms with E-state index in [1.807, 2.05) is 19.1 Å². The molecule has 0 amide bonds. The molecule has 0 aliphatic heterocycles. The number of rotatable bonds is 4. The Morgan fingerprint density at radius 1 is 1.26 bits per heavy atom. The molecule has 0 aliphatic rings. The summed E-state index contributed by atoms with van der Waals surface area (Å²) in [7, 11) is 0. The minimum Gasteiger partial charge on any atom is -0.493 e. The highest BCUT2D eigenvalue weighted by molar-refractivity contribution is 6.30. The Balaban J connectivity index is 2.37. The zero-order chi connectivity index (χ0) is 13.8. The number of halogens is 2. The van der Waals surface area contributed by atoms with E-state index in [0.717, 1.165) is 0 Å². The van der Waals surface area contributed by atoms with Crippen LogP contribution in [-0.4, -0.2) is 11.7 Å². The minimum atomic E-state index is -0.902. The number of hydrogen-bond acceptors (Lipinski definition) is 2. The molecule has 2 aromatic rings. The molecule has 0 saturated carbocycles. The fourth-order valence-corrected chi connectivity index (χ4v) is 2.04. The quantitative estimate of drug-likeness (QED) is 0.918. The third kappa shape index (κ3) is 3.06. The number of para-hydroxylation sites is 1. The number of ether oxygens (including phenoxy) is 1. The zero-order valence-electron chi connectivity index (χ0n) is 10.4. The van der Waals surface area contributed by atoms with Crippen LogP contribution in [0.5, 0.6) is 5.75 Å². The van der Waals surface area contributed by atoms with E-state index < -0.39 is 11.9 Å². The van der Waals surface area contributed by atoms with Crippen LogP contribution in [-0.2, 0) is 0 Å². The average Bonchev–Trinajstić information content (AvgIpc) is 2.42. The van der Waals surface area contributed by atoms with Crippen LogP contribution in [0.25, 0.3) is 0 Å². The van der Waals surface area contributed by atoms with E-state index in [2.05, 4.69) is 0 Å². The van der Waals surface area contributed by atoms with Gasteiger partial charge in [0.2, 0.25) is 0 Å². The summed E-state index contributed by atoms with van der Waals surface area (Å²) < 4.78 is 18.6. The fraction of sp³-hybridized carbons (Fsp3) is 0.200. The van der Waals surface area contributed by atoms with Crippen molar-refractivity contribution in [3.8, 4) is 5.75 Å². The van der Waals surface area contributed by atoms with Crippen molar-refractivity contribution in [3.05, 3.63) is 64.4 Å². The van der Waals surface area contributed by atoms with Crippen molar-refractivity contribution in [3.63, 3.8) is 0 Å². The van der Waals surface area contributed by atoms with Gasteiger partial charge in [0, 0.05) is 5.56 Å². The van der Waals surface area contributed by atoms with Gasteiger partial charge in [-0.25, -0.2) is 4.39 Å². The van der Waals surface area contributed by atoms with E-state index in [0.29, 0.717) is 23.5 Å². The highest BCUT2D eigenvalue weighted by atomic mass is 35.5. The van der Waals surface area contributed by atoms with Gasteiger partial charge >= 0.3 is 0 Å². The zero-order valence-corrected chi connectivity index (χ0v) is 11.2. The molecule has 0 spiro atoms. The maximum Gasteiger partial charge on any atom is 0.141 e. The van der Waals surface area contributed by atoms with Gasteiger partial charge < -0.3 is 9.84 Å². The Hall–Kier alpha value is -1.58. The summed E-state index contributed by atoms with van der Waals surface area (Å²) in [5.74, 6) is 0.105. The monoisotopic (exact) mass is 280 g/mol. The first-order valence-electron chi connectivity index (χ1n) is 5.98. The Bertz CT molecular complexity index is 572. The average molecular weight is 281 g/mol. The van der Waals surface area contributed by atoms with Crippen LogP contribution in [0.15, 0.2) is 42.5 Å². The van der Waals surface area contributed by atoms with Crippen LogP contribution in [0, 0.1) is 5.82 Å². The summed E-state index contributed by atoms with van der Waals surface area (Å²) in [6.07, 6.45) is -0.902. The van der Waals surface area contributed by atoms with Crippen molar-refractivity contribution in [1.29, 1.82) is 0 Å². The lowest BCUT2D eigenvalue weighted by Crippen LogP contribution is -2.04. The SMILES string of the molecule is CCOc1ccccc1C(O)c1ccc(F)c(Cl)c1. The normalized spacial score (nSPS) is 12.2. The number of aliphatic hydroxyl groups excluding tert-OH is 1. The molecule has 0 bridgehead atoms. The van der Waals surface area contributed by atoms with Crippen LogP contribution in [0.1, 0.15) is 24.2 Å². The van der Waals surface area contributed by atoms with Crippen molar-refractivity contribution in [2.45, 2.75) is 13.0 Å². The van der Waals surface area contributed by atoms with Crippen LogP contribution in [0.3, 0.4) is 0 Å². The fourth-order valence-electron chi connectivity index (χ4n) is 1.86. The van der Waals surface area contributed by atoms with Crippen LogP contribution >= 0.6 is 11.6 Å². The molecule has 0 aromatic heterocycles. The second kappa shape index (κ2) is 6.04. The first-order chi connectivity index (χ1) is 9.13. The molecule has 0 heterocycles. The summed E-state index contributed by atoms with van der Waals surface area (Å²) in [4.78, 5) is 0. The highest BCUT2D eigenvalue weighted by Gasteiger charge is 2.16. The number of benzene rings is 2. The molecule has 1 atom stereocenters. The molecular weight excluding hydrogens is 267 g/mol. The Kier molecular flexibility index (Phi) is 4.40. The second-order valence-electron chi connectivity index (χ2n) is 4.05. The van der Waals surface area contributed by atoms with Gasteiger partial charge in [-0.1, -0.05) is 35.9 Å². The first kappa shape index (κ1) is 13.8. The summed E-state index contributed by atoms with van der Waals surface area (Å²) in [5, 5.41) is 10.3. The molecule has 2 nitrogen and oxygen atoms in total. The molecule has 0 saturated heterocycles. The van der Waals surface area contributed by atoms with Crippen molar-refractivity contribution in [2.24, 2.45) is 0 Å². The molecule has 0 fully saturated rings. The molecule has 4 heteroatoms. The van der Waals surface area contributed by atoms with Gasteiger partial charge in [-0.2, -0.15) is 0 Å². The van der Waals surface area contributed by atoms with Crippen molar-refractivity contribution < 1.29 is 14.2 Å². The van der Waals surface area contributed by atoms with Crippen LogP contribution in [0.2, 0.25) is 5.02 Å². The van der Waals surface area contributed by atoms with E-state index >= 15 is 0 Å². The third-order valence-corrected chi connectivity index (χ3v) is 3.06. The van der Waals surface area contributed by atoms with Crippen LogP contribution in [0.4, 0.5) is 4.39 Å². The molecule has 2 aromatic carbocycles. The number of aliphatic hydroxyl groups is 1. The minimum absolute atomic E-state index is 0.00885. The predicted molar refractivity (Wildman–Crippen MR) is 73.1 cm³/mol. The Labute approximate surface area is 116 Å². The summed E-state index contributed by atoms with van der Waals surface area (Å²) in [6, 6.07) is 11.4. The smallest absolute Gasteiger partial charge is 0.141 e. The topological polar surface area (TPSA) is 29.5 Å². The third-order valence-electron chi connectivity index (χ3n) is 2.77. The van der Waals surface area contributed by atoms with E-state index in [-0.39, 0.29) is 5.02 Å².